The molecule has 2 aliphatic rings. The lowest BCUT2D eigenvalue weighted by Gasteiger charge is -2.51. The number of likely N-dealkylation sites (tertiary alicyclic amines) is 1. The average Bonchev–Trinajstić information content (AvgIpc) is 3.16. The Kier molecular flexibility index (Phi) is 7.52. The van der Waals surface area contributed by atoms with Crippen molar-refractivity contribution < 1.29 is 27.8 Å². The van der Waals surface area contributed by atoms with Crippen LogP contribution < -0.4 is 4.74 Å². The normalized spacial score (nSPS) is 18.6. The highest BCUT2D eigenvalue weighted by Crippen LogP contribution is 2.44. The summed E-state index contributed by atoms with van der Waals surface area (Å²) in [6.07, 6.45) is -1.53. The number of rotatable bonds is 3. The standard InChI is InChI=1S/C21H28N2OS.C2HF3O2/c1-16-4-7-19(25-16)15-23-12-9-21(10-13-23)20-14-18(24-3)6-5-17(20)8-11-22(21)2;3-2(4,5)1(6)7/h4-7,14H,8-13,15H2,1-3H3;(H,6,7). The van der Waals surface area contributed by atoms with Crippen molar-refractivity contribution in [2.45, 2.75) is 44.4 Å². The molecule has 2 aliphatic heterocycles. The van der Waals surface area contributed by atoms with Crippen LogP contribution >= 0.6 is 11.3 Å². The minimum atomic E-state index is -5.08. The first-order chi connectivity index (χ1) is 15.0. The zero-order valence-corrected chi connectivity index (χ0v) is 19.4. The van der Waals surface area contributed by atoms with Crippen LogP contribution in [0.4, 0.5) is 13.2 Å². The van der Waals surface area contributed by atoms with Gasteiger partial charge in [0, 0.05) is 41.5 Å². The van der Waals surface area contributed by atoms with E-state index in [4.69, 9.17) is 14.6 Å². The minimum absolute atomic E-state index is 0.185. The van der Waals surface area contributed by atoms with E-state index < -0.39 is 12.1 Å². The molecular weight excluding hydrogens is 441 g/mol. The molecule has 176 valence electrons. The molecule has 0 atom stereocenters. The number of likely N-dealkylation sites (N-methyl/N-ethyl adjacent to an activating group) is 1. The summed E-state index contributed by atoms with van der Waals surface area (Å²) in [4.78, 5) is 17.0. The van der Waals surface area contributed by atoms with Crippen LogP contribution in [0.15, 0.2) is 30.3 Å². The summed E-state index contributed by atoms with van der Waals surface area (Å²) in [5, 5.41) is 7.12. The third-order valence-electron chi connectivity index (χ3n) is 6.37. The van der Waals surface area contributed by atoms with Gasteiger partial charge < -0.3 is 9.84 Å². The van der Waals surface area contributed by atoms with Crippen LogP contribution in [0.3, 0.4) is 0 Å². The Morgan fingerprint density at radius 2 is 1.84 bits per heavy atom. The van der Waals surface area contributed by atoms with Gasteiger partial charge in [-0.1, -0.05) is 6.07 Å². The first-order valence-electron chi connectivity index (χ1n) is 10.5. The number of hydrogen-bond acceptors (Lipinski definition) is 5. The van der Waals surface area contributed by atoms with E-state index in [1.807, 2.05) is 11.3 Å². The highest BCUT2D eigenvalue weighted by molar-refractivity contribution is 7.11. The maximum Gasteiger partial charge on any atom is 0.490 e. The zero-order valence-electron chi connectivity index (χ0n) is 18.5. The van der Waals surface area contributed by atoms with Gasteiger partial charge >= 0.3 is 12.1 Å². The van der Waals surface area contributed by atoms with Gasteiger partial charge in [-0.15, -0.1) is 11.3 Å². The van der Waals surface area contributed by atoms with Crippen molar-refractivity contribution in [2.24, 2.45) is 0 Å². The predicted octanol–water partition coefficient (Wildman–Crippen LogP) is 4.68. The third-order valence-corrected chi connectivity index (χ3v) is 7.35. The molecule has 2 aromatic rings. The molecular formula is C23H29F3N2O3S. The molecule has 9 heteroatoms. The summed E-state index contributed by atoms with van der Waals surface area (Å²) in [5.74, 6) is -1.77. The van der Waals surface area contributed by atoms with Crippen LogP contribution in [-0.4, -0.2) is 60.8 Å². The monoisotopic (exact) mass is 470 g/mol. The number of hydrogen-bond donors (Lipinski definition) is 1. The van der Waals surface area contributed by atoms with Crippen molar-refractivity contribution in [3.63, 3.8) is 0 Å². The fraction of sp³-hybridized carbons (Fsp3) is 0.522. The van der Waals surface area contributed by atoms with Crippen molar-refractivity contribution in [1.29, 1.82) is 0 Å². The Morgan fingerprint density at radius 1 is 1.19 bits per heavy atom. The quantitative estimate of drug-likeness (QED) is 0.706. The zero-order chi connectivity index (χ0) is 23.5. The van der Waals surface area contributed by atoms with E-state index in [2.05, 4.69) is 54.1 Å². The molecule has 0 saturated carbocycles. The number of benzene rings is 1. The maximum absolute atomic E-state index is 10.6. The maximum atomic E-state index is 10.6. The molecule has 1 aromatic heterocycles. The van der Waals surface area contributed by atoms with E-state index in [1.54, 1.807) is 7.11 Å². The summed E-state index contributed by atoms with van der Waals surface area (Å²) in [7, 11) is 4.08. The molecule has 0 bridgehead atoms. The smallest absolute Gasteiger partial charge is 0.490 e. The number of methoxy groups -OCH3 is 1. The first-order valence-corrected chi connectivity index (χ1v) is 11.3. The molecule has 1 N–H and O–H groups in total. The number of piperidine rings is 1. The fourth-order valence-electron chi connectivity index (χ4n) is 4.56. The fourth-order valence-corrected chi connectivity index (χ4v) is 5.50. The van der Waals surface area contributed by atoms with E-state index in [0.29, 0.717) is 0 Å². The van der Waals surface area contributed by atoms with Gasteiger partial charge in [0.2, 0.25) is 0 Å². The van der Waals surface area contributed by atoms with Gasteiger partial charge in [-0.05, 0) is 68.6 Å². The number of ether oxygens (including phenoxy) is 1. The van der Waals surface area contributed by atoms with E-state index in [0.717, 1.165) is 38.3 Å². The number of carboxylic acid groups (broad SMARTS) is 1. The number of carboxylic acids is 1. The number of nitrogens with zero attached hydrogens (tertiary/aromatic N) is 2. The molecule has 5 nitrogen and oxygen atoms in total. The second-order valence-corrected chi connectivity index (χ2v) is 9.69. The Balaban J connectivity index is 0.000000360. The summed E-state index contributed by atoms with van der Waals surface area (Å²) < 4.78 is 37.3. The molecule has 0 radical (unpaired) electrons. The molecule has 32 heavy (non-hydrogen) atoms. The third kappa shape index (κ3) is 5.44. The molecule has 0 aliphatic carbocycles. The van der Waals surface area contributed by atoms with Gasteiger partial charge in [-0.2, -0.15) is 13.2 Å². The number of carbonyl (C=O) groups is 1. The minimum Gasteiger partial charge on any atom is -0.497 e. The molecule has 4 rings (SSSR count). The Morgan fingerprint density at radius 3 is 2.38 bits per heavy atom. The van der Waals surface area contributed by atoms with Gasteiger partial charge in [0.25, 0.3) is 0 Å². The average molecular weight is 471 g/mol. The molecule has 3 heterocycles. The van der Waals surface area contributed by atoms with Gasteiger partial charge in [0.15, 0.2) is 0 Å². The molecule has 1 fully saturated rings. The van der Waals surface area contributed by atoms with Gasteiger partial charge in [0.05, 0.1) is 7.11 Å². The largest absolute Gasteiger partial charge is 0.497 e. The van der Waals surface area contributed by atoms with Crippen molar-refractivity contribution in [2.75, 3.05) is 33.8 Å². The highest BCUT2D eigenvalue weighted by Gasteiger charge is 2.43. The number of halogens is 3. The van der Waals surface area contributed by atoms with Crippen LogP contribution in [0.1, 0.15) is 33.7 Å². The first kappa shape index (κ1) is 24.5. The molecule has 0 unspecified atom stereocenters. The van der Waals surface area contributed by atoms with Crippen molar-refractivity contribution in [3.05, 3.63) is 51.2 Å². The van der Waals surface area contributed by atoms with Gasteiger partial charge in [-0.3, -0.25) is 9.80 Å². The van der Waals surface area contributed by atoms with Crippen molar-refractivity contribution in [3.8, 4) is 5.75 Å². The summed E-state index contributed by atoms with van der Waals surface area (Å²) in [6.45, 7) is 6.78. The van der Waals surface area contributed by atoms with E-state index in [-0.39, 0.29) is 5.54 Å². The van der Waals surface area contributed by atoms with Gasteiger partial charge in [-0.25, -0.2) is 4.79 Å². The SMILES string of the molecule is COc1ccc2c(c1)C1(CCN(Cc3ccc(C)s3)CC1)N(C)CC2.O=C(O)C(F)(F)F. The lowest BCUT2D eigenvalue weighted by molar-refractivity contribution is -0.192. The van der Waals surface area contributed by atoms with Crippen molar-refractivity contribution in [1.82, 2.24) is 9.80 Å². The van der Waals surface area contributed by atoms with Crippen LogP contribution in [0.5, 0.6) is 5.75 Å². The number of aryl methyl sites for hydroxylation is 1. The summed E-state index contributed by atoms with van der Waals surface area (Å²) in [5.41, 5.74) is 3.21. The molecule has 1 saturated heterocycles. The summed E-state index contributed by atoms with van der Waals surface area (Å²) >= 11 is 1.93. The Bertz CT molecular complexity index is 937. The van der Waals surface area contributed by atoms with E-state index in [1.165, 1.54) is 33.7 Å². The molecule has 0 amide bonds. The Hall–Kier alpha value is -2.10. The number of aliphatic carboxylic acids is 1. The van der Waals surface area contributed by atoms with Crippen molar-refractivity contribution >= 4 is 17.3 Å². The summed E-state index contributed by atoms with van der Waals surface area (Å²) in [6, 6.07) is 11.2. The van der Waals surface area contributed by atoms with Gasteiger partial charge in [0.1, 0.15) is 5.75 Å². The second-order valence-electron chi connectivity index (χ2n) is 8.32. The number of thiophene rings is 1. The van der Waals surface area contributed by atoms with Crippen LogP contribution in [0.25, 0.3) is 0 Å². The lowest BCUT2D eigenvalue weighted by Crippen LogP contribution is -2.54. The van der Waals surface area contributed by atoms with Crippen LogP contribution in [0, 0.1) is 6.92 Å². The topological polar surface area (TPSA) is 53.0 Å². The lowest BCUT2D eigenvalue weighted by atomic mass is 9.74. The Labute approximate surface area is 190 Å². The molecule has 1 aromatic carbocycles. The van der Waals surface area contributed by atoms with Crippen LogP contribution in [0.2, 0.25) is 0 Å². The van der Waals surface area contributed by atoms with Crippen LogP contribution in [-0.2, 0) is 23.3 Å². The second kappa shape index (κ2) is 9.80. The number of alkyl halides is 3. The van der Waals surface area contributed by atoms with E-state index in [9.17, 15) is 13.2 Å². The highest BCUT2D eigenvalue weighted by atomic mass is 32.1. The van der Waals surface area contributed by atoms with E-state index >= 15 is 0 Å². The predicted molar refractivity (Wildman–Crippen MR) is 118 cm³/mol. The number of fused-ring (bicyclic) bond motifs is 2. The molecule has 1 spiro atoms.